The molecule has 0 saturated heterocycles. The Labute approximate surface area is 63.7 Å². The van der Waals surface area contributed by atoms with E-state index in [0.29, 0.717) is 5.92 Å². The van der Waals surface area contributed by atoms with E-state index in [1.807, 2.05) is 5.37 Å². The molecule has 9 heavy (non-hydrogen) atoms. The summed E-state index contributed by atoms with van der Waals surface area (Å²) in [6, 6.07) is 0. The van der Waals surface area contributed by atoms with E-state index >= 15 is 0 Å². The summed E-state index contributed by atoms with van der Waals surface area (Å²) in [5.74, 6) is 1.43. The standard InChI is InChI=1S/C8H16S/c1-4-8(5-2)7(3)6-9/h6-8H,4-5H2,1-3H3. The molecule has 1 heteroatoms. The molecule has 54 valence electrons. The molecule has 0 spiro atoms. The average molecular weight is 144 g/mol. The van der Waals surface area contributed by atoms with Gasteiger partial charge < -0.3 is 0 Å². The van der Waals surface area contributed by atoms with Crippen molar-refractivity contribution in [3.63, 3.8) is 0 Å². The summed E-state index contributed by atoms with van der Waals surface area (Å²) in [6.07, 6.45) is 2.51. The minimum Gasteiger partial charge on any atom is -0.0932 e. The highest BCUT2D eigenvalue weighted by atomic mass is 32.1. The second kappa shape index (κ2) is 4.92. The average Bonchev–Trinajstić information content (AvgIpc) is 1.90. The van der Waals surface area contributed by atoms with E-state index in [9.17, 15) is 0 Å². The first-order valence-corrected chi connectivity index (χ1v) is 4.18. The van der Waals surface area contributed by atoms with Crippen LogP contribution in [-0.2, 0) is 0 Å². The van der Waals surface area contributed by atoms with Crippen LogP contribution in [0.5, 0.6) is 0 Å². The van der Waals surface area contributed by atoms with E-state index in [1.165, 1.54) is 12.8 Å². The first-order valence-electron chi connectivity index (χ1n) is 3.71. The highest BCUT2D eigenvalue weighted by molar-refractivity contribution is 7.79. The maximum absolute atomic E-state index is 4.86. The topological polar surface area (TPSA) is 0 Å². The van der Waals surface area contributed by atoms with Gasteiger partial charge in [0.25, 0.3) is 0 Å². The second-order valence-corrected chi connectivity index (χ2v) is 2.84. The van der Waals surface area contributed by atoms with Crippen LogP contribution in [-0.4, -0.2) is 5.37 Å². The van der Waals surface area contributed by atoms with Crippen molar-refractivity contribution in [1.82, 2.24) is 0 Å². The predicted octanol–water partition coefficient (Wildman–Crippen LogP) is 3.06. The Hall–Kier alpha value is 0.0900. The largest absolute Gasteiger partial charge is 0.0932 e. The van der Waals surface area contributed by atoms with E-state index in [2.05, 4.69) is 20.8 Å². The molecule has 1 unspecified atom stereocenters. The summed E-state index contributed by atoms with van der Waals surface area (Å²) in [5.41, 5.74) is 0. The van der Waals surface area contributed by atoms with E-state index in [1.54, 1.807) is 0 Å². The molecule has 0 aliphatic rings. The summed E-state index contributed by atoms with van der Waals surface area (Å²) in [6.45, 7) is 6.65. The third-order valence-electron chi connectivity index (χ3n) is 2.01. The zero-order valence-electron chi connectivity index (χ0n) is 6.55. The molecule has 0 bridgehead atoms. The Morgan fingerprint density at radius 2 is 1.78 bits per heavy atom. The molecule has 0 fully saturated rings. The van der Waals surface area contributed by atoms with Crippen LogP contribution in [0.25, 0.3) is 0 Å². The molecule has 0 amide bonds. The van der Waals surface area contributed by atoms with Crippen LogP contribution in [0.3, 0.4) is 0 Å². The Kier molecular flexibility index (Phi) is 4.97. The molecule has 0 heterocycles. The van der Waals surface area contributed by atoms with Crippen molar-refractivity contribution in [2.45, 2.75) is 33.6 Å². The molecule has 0 nitrogen and oxygen atoms in total. The van der Waals surface area contributed by atoms with E-state index in [4.69, 9.17) is 12.2 Å². The summed E-state index contributed by atoms with van der Waals surface area (Å²) in [4.78, 5) is 0. The minimum atomic E-state index is 0.620. The normalized spacial score (nSPS) is 13.8. The predicted molar refractivity (Wildman–Crippen MR) is 46.9 cm³/mol. The molecule has 0 aromatic rings. The summed E-state index contributed by atoms with van der Waals surface area (Å²) < 4.78 is 0. The van der Waals surface area contributed by atoms with E-state index in [-0.39, 0.29) is 0 Å². The summed E-state index contributed by atoms with van der Waals surface area (Å²) >= 11 is 4.86. The molecule has 0 aromatic carbocycles. The van der Waals surface area contributed by atoms with Crippen LogP contribution in [0.1, 0.15) is 33.6 Å². The number of rotatable bonds is 4. The summed E-state index contributed by atoms with van der Waals surface area (Å²) in [5, 5.41) is 1.89. The number of hydrogen-bond acceptors (Lipinski definition) is 1. The monoisotopic (exact) mass is 144 g/mol. The SMILES string of the molecule is CCC(CC)C(C)C=S. The van der Waals surface area contributed by atoms with E-state index in [0.717, 1.165) is 5.92 Å². The van der Waals surface area contributed by atoms with Gasteiger partial charge in [-0.2, -0.15) is 0 Å². The van der Waals surface area contributed by atoms with Gasteiger partial charge in [0.2, 0.25) is 0 Å². The molecule has 1 atom stereocenters. The first-order chi connectivity index (χ1) is 4.26. The fraction of sp³-hybridized carbons (Fsp3) is 0.875. The smallest absolute Gasteiger partial charge is 0.0129 e. The third kappa shape index (κ3) is 2.95. The molecule has 0 radical (unpaired) electrons. The van der Waals surface area contributed by atoms with Crippen molar-refractivity contribution < 1.29 is 0 Å². The van der Waals surface area contributed by atoms with Crippen molar-refractivity contribution in [2.24, 2.45) is 11.8 Å². The van der Waals surface area contributed by atoms with Crippen LogP contribution >= 0.6 is 12.2 Å². The van der Waals surface area contributed by atoms with Gasteiger partial charge in [0.05, 0.1) is 0 Å². The maximum Gasteiger partial charge on any atom is -0.0129 e. The minimum absolute atomic E-state index is 0.620. The molecule has 0 aliphatic heterocycles. The highest BCUT2D eigenvalue weighted by Gasteiger charge is 2.08. The third-order valence-corrected chi connectivity index (χ3v) is 2.44. The molecular weight excluding hydrogens is 128 g/mol. The lowest BCUT2D eigenvalue weighted by molar-refractivity contribution is 0.422. The lowest BCUT2D eigenvalue weighted by Gasteiger charge is -2.15. The molecular formula is C8H16S. The lowest BCUT2D eigenvalue weighted by Crippen LogP contribution is -2.09. The molecule has 0 N–H and O–H groups in total. The van der Waals surface area contributed by atoms with Crippen molar-refractivity contribution in [3.05, 3.63) is 0 Å². The van der Waals surface area contributed by atoms with Gasteiger partial charge in [0.1, 0.15) is 0 Å². The van der Waals surface area contributed by atoms with Crippen molar-refractivity contribution >= 4 is 17.6 Å². The number of thiocarbonyl (C=S) groups is 1. The Bertz CT molecular complexity index is 74.6. The van der Waals surface area contributed by atoms with Gasteiger partial charge in [0.15, 0.2) is 0 Å². The number of hydrogen-bond donors (Lipinski definition) is 0. The quantitative estimate of drug-likeness (QED) is 0.546. The highest BCUT2D eigenvalue weighted by Crippen LogP contribution is 2.16. The Balaban J connectivity index is 3.63. The molecule has 0 aromatic heterocycles. The zero-order valence-corrected chi connectivity index (χ0v) is 7.37. The van der Waals surface area contributed by atoms with Crippen LogP contribution < -0.4 is 0 Å². The van der Waals surface area contributed by atoms with E-state index < -0.39 is 0 Å². The molecule has 0 rings (SSSR count). The van der Waals surface area contributed by atoms with Crippen molar-refractivity contribution in [1.29, 1.82) is 0 Å². The van der Waals surface area contributed by atoms with Crippen LogP contribution in [0.4, 0.5) is 0 Å². The van der Waals surface area contributed by atoms with Crippen molar-refractivity contribution in [3.8, 4) is 0 Å². The lowest BCUT2D eigenvalue weighted by atomic mass is 9.91. The Morgan fingerprint density at radius 3 is 1.89 bits per heavy atom. The zero-order chi connectivity index (χ0) is 7.28. The summed E-state index contributed by atoms with van der Waals surface area (Å²) in [7, 11) is 0. The van der Waals surface area contributed by atoms with Gasteiger partial charge in [-0.05, 0) is 17.2 Å². The fourth-order valence-electron chi connectivity index (χ4n) is 1.14. The van der Waals surface area contributed by atoms with Crippen LogP contribution in [0.15, 0.2) is 0 Å². The molecule has 0 saturated carbocycles. The van der Waals surface area contributed by atoms with Gasteiger partial charge in [-0.1, -0.05) is 45.8 Å². The van der Waals surface area contributed by atoms with Gasteiger partial charge in [-0.15, -0.1) is 0 Å². The molecule has 0 aliphatic carbocycles. The van der Waals surface area contributed by atoms with Gasteiger partial charge in [0, 0.05) is 0 Å². The Morgan fingerprint density at radius 1 is 1.33 bits per heavy atom. The van der Waals surface area contributed by atoms with Gasteiger partial charge >= 0.3 is 0 Å². The van der Waals surface area contributed by atoms with Crippen LogP contribution in [0.2, 0.25) is 0 Å². The second-order valence-electron chi connectivity index (χ2n) is 2.57. The fourth-order valence-corrected chi connectivity index (χ4v) is 1.37. The first kappa shape index (κ1) is 9.09. The van der Waals surface area contributed by atoms with Crippen molar-refractivity contribution in [2.75, 3.05) is 0 Å². The maximum atomic E-state index is 4.86. The van der Waals surface area contributed by atoms with Gasteiger partial charge in [-0.3, -0.25) is 0 Å². The van der Waals surface area contributed by atoms with Crippen LogP contribution in [0, 0.1) is 11.8 Å². The van der Waals surface area contributed by atoms with Gasteiger partial charge in [-0.25, -0.2) is 0 Å².